The third-order valence-corrected chi connectivity index (χ3v) is 7.08. The van der Waals surface area contributed by atoms with Crippen LogP contribution in [0.3, 0.4) is 0 Å². The number of amides is 2. The second-order valence-corrected chi connectivity index (χ2v) is 9.37. The lowest BCUT2D eigenvalue weighted by Crippen LogP contribution is -2.38. The summed E-state index contributed by atoms with van der Waals surface area (Å²) in [5.41, 5.74) is 4.80. The molecule has 1 atom stereocenters. The van der Waals surface area contributed by atoms with Gasteiger partial charge in [0.1, 0.15) is 17.4 Å². The minimum Gasteiger partial charge on any atom is -0.495 e. The molecule has 2 amide bonds. The van der Waals surface area contributed by atoms with Crippen molar-refractivity contribution in [1.29, 1.82) is 0 Å². The molecule has 0 radical (unpaired) electrons. The molecule has 39 heavy (non-hydrogen) atoms. The van der Waals surface area contributed by atoms with E-state index in [9.17, 15) is 9.18 Å². The maximum Gasteiger partial charge on any atom is 0.323 e. The minimum atomic E-state index is -0.563. The molecule has 1 aliphatic heterocycles. The number of para-hydroxylation sites is 3. The van der Waals surface area contributed by atoms with Gasteiger partial charge in [-0.25, -0.2) is 13.9 Å². The van der Waals surface area contributed by atoms with Crippen LogP contribution in [0.2, 0.25) is 0 Å². The molecular weight excluding hydrogens is 493 g/mol. The summed E-state index contributed by atoms with van der Waals surface area (Å²) in [7, 11) is 1.57. The van der Waals surface area contributed by atoms with Crippen LogP contribution in [0.4, 0.5) is 14.9 Å². The van der Waals surface area contributed by atoms with Crippen molar-refractivity contribution in [1.82, 2.24) is 19.2 Å². The second kappa shape index (κ2) is 10.1. The average Bonchev–Trinajstić information content (AvgIpc) is 3.55. The van der Waals surface area contributed by atoms with Crippen molar-refractivity contribution < 1.29 is 13.9 Å². The summed E-state index contributed by atoms with van der Waals surface area (Å²) in [6, 6.07) is 26.7. The lowest BCUT2D eigenvalue weighted by Gasteiger charge is -2.31. The summed E-state index contributed by atoms with van der Waals surface area (Å²) in [6.07, 6.45) is 2.66. The largest absolute Gasteiger partial charge is 0.495 e. The Balaban J connectivity index is 1.56. The first-order valence-electron chi connectivity index (χ1n) is 12.9. The molecule has 196 valence electrons. The highest BCUT2D eigenvalue weighted by atomic mass is 19.1. The summed E-state index contributed by atoms with van der Waals surface area (Å²) in [5.74, 6) is 1.06. The number of nitrogens with zero attached hydrogens (tertiary/aromatic N) is 4. The minimum absolute atomic E-state index is 0.273. The van der Waals surface area contributed by atoms with E-state index >= 15 is 0 Å². The van der Waals surface area contributed by atoms with Crippen LogP contribution in [-0.2, 0) is 13.0 Å². The van der Waals surface area contributed by atoms with E-state index in [1.807, 2.05) is 71.5 Å². The molecule has 2 aromatic heterocycles. The van der Waals surface area contributed by atoms with Gasteiger partial charge < -0.3 is 19.5 Å². The van der Waals surface area contributed by atoms with Gasteiger partial charge in [-0.2, -0.15) is 5.10 Å². The predicted molar refractivity (Wildman–Crippen MR) is 148 cm³/mol. The smallest absolute Gasteiger partial charge is 0.323 e. The van der Waals surface area contributed by atoms with Crippen LogP contribution in [0, 0.1) is 5.82 Å². The van der Waals surface area contributed by atoms with Gasteiger partial charge in [0.25, 0.3) is 0 Å². The molecule has 0 fully saturated rings. The first-order valence-corrected chi connectivity index (χ1v) is 12.9. The van der Waals surface area contributed by atoms with Gasteiger partial charge in [0.05, 0.1) is 42.5 Å². The predicted octanol–water partition coefficient (Wildman–Crippen LogP) is 6.51. The SMILES string of the molecule is CCc1nn(-c2ccccc2)c2c1CN(C(=O)Nc1ccccc1OC)C(c1cccc(F)c1)c1cccn1-2. The quantitative estimate of drug-likeness (QED) is 0.287. The van der Waals surface area contributed by atoms with Crippen LogP contribution >= 0.6 is 0 Å². The Kier molecular flexibility index (Phi) is 6.36. The number of rotatable bonds is 5. The van der Waals surface area contributed by atoms with E-state index in [0.29, 0.717) is 23.4 Å². The number of carbonyl (C=O) groups is 1. The van der Waals surface area contributed by atoms with E-state index < -0.39 is 6.04 Å². The van der Waals surface area contributed by atoms with E-state index in [1.165, 1.54) is 12.1 Å². The van der Waals surface area contributed by atoms with Crippen LogP contribution in [0.15, 0.2) is 97.2 Å². The third-order valence-electron chi connectivity index (χ3n) is 7.08. The van der Waals surface area contributed by atoms with E-state index in [2.05, 4.69) is 16.8 Å². The molecule has 7 nitrogen and oxygen atoms in total. The van der Waals surface area contributed by atoms with Crippen molar-refractivity contribution in [2.24, 2.45) is 0 Å². The van der Waals surface area contributed by atoms with Crippen molar-refractivity contribution in [2.45, 2.75) is 25.9 Å². The number of hydrogen-bond acceptors (Lipinski definition) is 3. The molecule has 0 saturated carbocycles. The number of halogens is 1. The van der Waals surface area contributed by atoms with Crippen molar-refractivity contribution in [2.75, 3.05) is 12.4 Å². The van der Waals surface area contributed by atoms with Crippen molar-refractivity contribution >= 4 is 11.7 Å². The van der Waals surface area contributed by atoms with Gasteiger partial charge in [-0.1, -0.05) is 49.4 Å². The van der Waals surface area contributed by atoms with Gasteiger partial charge >= 0.3 is 6.03 Å². The second-order valence-electron chi connectivity index (χ2n) is 9.37. The van der Waals surface area contributed by atoms with Crippen LogP contribution in [0.5, 0.6) is 5.75 Å². The molecule has 0 bridgehead atoms. The van der Waals surface area contributed by atoms with Gasteiger partial charge in [0.2, 0.25) is 0 Å². The highest BCUT2D eigenvalue weighted by Crippen LogP contribution is 2.39. The van der Waals surface area contributed by atoms with Gasteiger partial charge in [-0.3, -0.25) is 0 Å². The van der Waals surface area contributed by atoms with E-state index in [-0.39, 0.29) is 18.4 Å². The molecule has 5 aromatic rings. The molecule has 3 heterocycles. The molecule has 8 heteroatoms. The number of carbonyl (C=O) groups excluding carboxylic acids is 1. The molecule has 3 aromatic carbocycles. The van der Waals surface area contributed by atoms with E-state index in [1.54, 1.807) is 30.2 Å². The number of aromatic nitrogens is 3. The maximum absolute atomic E-state index is 14.5. The van der Waals surface area contributed by atoms with E-state index in [4.69, 9.17) is 9.84 Å². The Morgan fingerprint density at radius 1 is 1.03 bits per heavy atom. The fourth-order valence-corrected chi connectivity index (χ4v) is 5.31. The standard InChI is InChI=1S/C31H28FN5O2/c1-3-25-24-20-36(31(38)33-26-15-7-8-17-28(26)39-2)29(21-11-9-12-22(32)19-21)27-16-10-18-35(27)30(24)37(34-25)23-13-5-4-6-14-23/h4-19,29H,3,20H2,1-2H3,(H,33,38). The maximum atomic E-state index is 14.5. The summed E-state index contributed by atoms with van der Waals surface area (Å²) in [5, 5.41) is 8.01. The number of hydrogen-bond donors (Lipinski definition) is 1. The number of ether oxygens (including phenoxy) is 1. The van der Waals surface area contributed by atoms with Gasteiger partial charge in [-0.15, -0.1) is 0 Å². The third kappa shape index (κ3) is 4.33. The van der Waals surface area contributed by atoms with Gasteiger partial charge in [-0.05, 0) is 60.5 Å². The Bertz CT molecular complexity index is 1640. The summed E-state index contributed by atoms with van der Waals surface area (Å²) < 4.78 is 24.0. The highest BCUT2D eigenvalue weighted by Gasteiger charge is 2.36. The van der Waals surface area contributed by atoms with Crippen molar-refractivity contribution in [3.05, 3.63) is 126 Å². The molecule has 1 N–H and O–H groups in total. The molecule has 0 spiro atoms. The Morgan fingerprint density at radius 3 is 2.59 bits per heavy atom. The fourth-order valence-electron chi connectivity index (χ4n) is 5.31. The zero-order valence-corrected chi connectivity index (χ0v) is 21.7. The number of nitrogens with one attached hydrogen (secondary N) is 1. The Labute approximate surface area is 226 Å². The zero-order chi connectivity index (χ0) is 26.9. The molecular formula is C31H28FN5O2. The lowest BCUT2D eigenvalue weighted by molar-refractivity contribution is 0.194. The summed E-state index contributed by atoms with van der Waals surface area (Å²) >= 11 is 0. The molecule has 0 saturated heterocycles. The fraction of sp³-hybridized carbons (Fsp3) is 0.161. The molecule has 1 unspecified atom stereocenters. The molecule has 6 rings (SSSR count). The van der Waals surface area contributed by atoms with Crippen LogP contribution in [-0.4, -0.2) is 32.4 Å². The number of methoxy groups -OCH3 is 1. The number of anilines is 1. The first kappa shape index (κ1) is 24.5. The molecule has 0 aliphatic carbocycles. The monoisotopic (exact) mass is 521 g/mol. The van der Waals surface area contributed by atoms with Crippen LogP contribution in [0.25, 0.3) is 11.5 Å². The number of urea groups is 1. The van der Waals surface area contributed by atoms with Gasteiger partial charge in [0, 0.05) is 11.8 Å². The number of benzene rings is 3. The first-order chi connectivity index (χ1) is 19.1. The number of fused-ring (bicyclic) bond motifs is 3. The van der Waals surface area contributed by atoms with Crippen molar-refractivity contribution in [3.8, 4) is 17.3 Å². The molecule has 1 aliphatic rings. The summed E-state index contributed by atoms with van der Waals surface area (Å²) in [4.78, 5) is 15.8. The zero-order valence-electron chi connectivity index (χ0n) is 21.7. The lowest BCUT2D eigenvalue weighted by atomic mass is 10.0. The highest BCUT2D eigenvalue weighted by molar-refractivity contribution is 5.91. The topological polar surface area (TPSA) is 64.3 Å². The van der Waals surface area contributed by atoms with Crippen molar-refractivity contribution in [3.63, 3.8) is 0 Å². The van der Waals surface area contributed by atoms with Gasteiger partial charge in [0.15, 0.2) is 0 Å². The van der Waals surface area contributed by atoms with Crippen LogP contribution < -0.4 is 10.1 Å². The number of aryl methyl sites for hydroxylation is 1. The van der Waals surface area contributed by atoms with E-state index in [0.717, 1.165) is 28.5 Å². The Morgan fingerprint density at radius 2 is 1.82 bits per heavy atom. The summed E-state index contributed by atoms with van der Waals surface area (Å²) in [6.45, 7) is 2.33. The normalized spacial score (nSPS) is 14.3. The Hall–Kier alpha value is -4.85. The average molecular weight is 522 g/mol. The van der Waals surface area contributed by atoms with Crippen LogP contribution in [0.1, 0.15) is 35.5 Å².